The first kappa shape index (κ1) is 12.1. The average molecular weight is 241 g/mol. The lowest BCUT2D eigenvalue weighted by Gasteiger charge is -2.09. The van der Waals surface area contributed by atoms with E-state index < -0.39 is 0 Å². The lowest BCUT2D eigenvalue weighted by atomic mass is 10.1. The fourth-order valence-electron chi connectivity index (χ4n) is 1.68. The van der Waals surface area contributed by atoms with E-state index in [0.29, 0.717) is 17.8 Å². The molecule has 0 unspecified atom stereocenters. The van der Waals surface area contributed by atoms with Gasteiger partial charge < -0.3 is 11.1 Å². The maximum atomic E-state index is 12.0. The number of nitrogens with zero attached hydrogens (tertiary/aromatic N) is 1. The molecule has 92 valence electrons. The number of nitrogens with two attached hydrogens (primary N) is 1. The van der Waals surface area contributed by atoms with Crippen molar-refractivity contribution in [2.75, 3.05) is 5.73 Å². The van der Waals surface area contributed by atoms with Crippen molar-refractivity contribution in [1.82, 2.24) is 10.3 Å². The number of amides is 1. The van der Waals surface area contributed by atoms with E-state index in [4.69, 9.17) is 5.73 Å². The second-order valence-corrected chi connectivity index (χ2v) is 4.06. The Labute approximate surface area is 106 Å². The second kappa shape index (κ2) is 5.31. The summed E-state index contributed by atoms with van der Waals surface area (Å²) in [5, 5.41) is 2.86. The number of aromatic nitrogens is 1. The van der Waals surface area contributed by atoms with Gasteiger partial charge in [0.1, 0.15) is 0 Å². The van der Waals surface area contributed by atoms with Gasteiger partial charge in [-0.05, 0) is 42.3 Å². The average Bonchev–Trinajstić information content (AvgIpc) is 2.40. The zero-order chi connectivity index (χ0) is 13.0. The third kappa shape index (κ3) is 2.66. The zero-order valence-corrected chi connectivity index (χ0v) is 10.2. The van der Waals surface area contributed by atoms with E-state index >= 15 is 0 Å². The van der Waals surface area contributed by atoms with Gasteiger partial charge in [0.25, 0.3) is 5.91 Å². The van der Waals surface area contributed by atoms with Crippen molar-refractivity contribution in [3.63, 3.8) is 0 Å². The number of hydrogen-bond acceptors (Lipinski definition) is 3. The summed E-state index contributed by atoms with van der Waals surface area (Å²) in [5.41, 5.74) is 8.85. The molecule has 0 bridgehead atoms. The minimum atomic E-state index is -0.114. The molecule has 2 aromatic rings. The van der Waals surface area contributed by atoms with E-state index in [1.807, 2.05) is 19.1 Å². The molecule has 1 aromatic heterocycles. The SMILES string of the molecule is Cc1c(N)cccc1C(=O)NCc1ccncc1. The molecule has 4 heteroatoms. The highest BCUT2D eigenvalue weighted by atomic mass is 16.1. The number of hydrogen-bond donors (Lipinski definition) is 2. The molecule has 0 aliphatic carbocycles. The Bertz CT molecular complexity index is 552. The molecule has 0 spiro atoms. The number of carbonyl (C=O) groups is 1. The first-order valence-corrected chi connectivity index (χ1v) is 5.70. The fourth-order valence-corrected chi connectivity index (χ4v) is 1.68. The summed E-state index contributed by atoms with van der Waals surface area (Å²) in [7, 11) is 0. The molecule has 0 fully saturated rings. The maximum absolute atomic E-state index is 12.0. The summed E-state index contributed by atoms with van der Waals surface area (Å²) in [6, 6.07) is 9.07. The van der Waals surface area contributed by atoms with Crippen LogP contribution in [0.25, 0.3) is 0 Å². The highest BCUT2D eigenvalue weighted by Crippen LogP contribution is 2.15. The van der Waals surface area contributed by atoms with Crippen LogP contribution < -0.4 is 11.1 Å². The van der Waals surface area contributed by atoms with Crippen LogP contribution in [0, 0.1) is 6.92 Å². The Balaban J connectivity index is 2.07. The molecule has 1 amide bonds. The van der Waals surface area contributed by atoms with Gasteiger partial charge in [-0.25, -0.2) is 0 Å². The molecule has 0 atom stereocenters. The molecule has 3 N–H and O–H groups in total. The third-order valence-corrected chi connectivity index (χ3v) is 2.82. The summed E-state index contributed by atoms with van der Waals surface area (Å²) in [6.45, 7) is 2.33. The topological polar surface area (TPSA) is 68.0 Å². The van der Waals surface area contributed by atoms with Crippen LogP contribution in [0.15, 0.2) is 42.7 Å². The second-order valence-electron chi connectivity index (χ2n) is 4.06. The van der Waals surface area contributed by atoms with Crippen molar-refractivity contribution >= 4 is 11.6 Å². The molecule has 2 rings (SSSR count). The van der Waals surface area contributed by atoms with Gasteiger partial charge in [-0.2, -0.15) is 0 Å². The molecule has 1 aromatic carbocycles. The predicted octanol–water partition coefficient (Wildman–Crippen LogP) is 1.90. The Kier molecular flexibility index (Phi) is 3.57. The Hall–Kier alpha value is -2.36. The molecule has 0 saturated heterocycles. The molecular weight excluding hydrogens is 226 g/mol. The summed E-state index contributed by atoms with van der Waals surface area (Å²) >= 11 is 0. The number of nitrogens with one attached hydrogen (secondary N) is 1. The van der Waals surface area contributed by atoms with E-state index in [9.17, 15) is 4.79 Å². The summed E-state index contributed by atoms with van der Waals surface area (Å²) in [4.78, 5) is 15.9. The minimum absolute atomic E-state index is 0.114. The Morgan fingerprint density at radius 3 is 2.72 bits per heavy atom. The van der Waals surface area contributed by atoms with Crippen LogP contribution >= 0.6 is 0 Å². The van der Waals surface area contributed by atoms with Crippen molar-refractivity contribution in [3.8, 4) is 0 Å². The maximum Gasteiger partial charge on any atom is 0.251 e. The van der Waals surface area contributed by atoms with Crippen LogP contribution in [-0.4, -0.2) is 10.9 Å². The van der Waals surface area contributed by atoms with Crippen LogP contribution in [0.5, 0.6) is 0 Å². The van der Waals surface area contributed by atoms with Crippen LogP contribution in [0.1, 0.15) is 21.5 Å². The zero-order valence-electron chi connectivity index (χ0n) is 10.2. The molecule has 1 heterocycles. The van der Waals surface area contributed by atoms with Gasteiger partial charge >= 0.3 is 0 Å². The van der Waals surface area contributed by atoms with Crippen LogP contribution in [0.4, 0.5) is 5.69 Å². The highest BCUT2D eigenvalue weighted by Gasteiger charge is 2.09. The minimum Gasteiger partial charge on any atom is -0.398 e. The Morgan fingerprint density at radius 2 is 2.00 bits per heavy atom. The van der Waals surface area contributed by atoms with E-state index in [-0.39, 0.29) is 5.91 Å². The van der Waals surface area contributed by atoms with Crippen molar-refractivity contribution in [2.45, 2.75) is 13.5 Å². The Morgan fingerprint density at radius 1 is 1.28 bits per heavy atom. The van der Waals surface area contributed by atoms with Crippen molar-refractivity contribution < 1.29 is 4.79 Å². The summed E-state index contributed by atoms with van der Waals surface area (Å²) < 4.78 is 0. The standard InChI is InChI=1S/C14H15N3O/c1-10-12(3-2-4-13(10)15)14(18)17-9-11-5-7-16-8-6-11/h2-8H,9,15H2,1H3,(H,17,18). The summed E-state index contributed by atoms with van der Waals surface area (Å²) in [6.07, 6.45) is 3.40. The monoisotopic (exact) mass is 241 g/mol. The first-order chi connectivity index (χ1) is 8.68. The molecule has 18 heavy (non-hydrogen) atoms. The third-order valence-electron chi connectivity index (χ3n) is 2.82. The van der Waals surface area contributed by atoms with E-state index in [0.717, 1.165) is 11.1 Å². The lowest BCUT2D eigenvalue weighted by molar-refractivity contribution is 0.0950. The first-order valence-electron chi connectivity index (χ1n) is 5.70. The van der Waals surface area contributed by atoms with Gasteiger partial charge in [-0.1, -0.05) is 6.07 Å². The number of nitrogen functional groups attached to an aromatic ring is 1. The smallest absolute Gasteiger partial charge is 0.251 e. The van der Waals surface area contributed by atoms with E-state index in [1.54, 1.807) is 30.6 Å². The molecule has 0 radical (unpaired) electrons. The molecule has 4 nitrogen and oxygen atoms in total. The van der Waals surface area contributed by atoms with Gasteiger partial charge in [-0.3, -0.25) is 9.78 Å². The van der Waals surface area contributed by atoms with Gasteiger partial charge in [0, 0.05) is 30.2 Å². The van der Waals surface area contributed by atoms with Gasteiger partial charge in [0.05, 0.1) is 0 Å². The number of carbonyl (C=O) groups excluding carboxylic acids is 1. The number of anilines is 1. The predicted molar refractivity (Wildman–Crippen MR) is 71.0 cm³/mol. The van der Waals surface area contributed by atoms with E-state index in [2.05, 4.69) is 10.3 Å². The van der Waals surface area contributed by atoms with Crippen molar-refractivity contribution in [3.05, 3.63) is 59.4 Å². The van der Waals surface area contributed by atoms with Gasteiger partial charge in [0.15, 0.2) is 0 Å². The molecule has 0 aliphatic rings. The van der Waals surface area contributed by atoms with Crippen LogP contribution in [0.2, 0.25) is 0 Å². The summed E-state index contributed by atoms with van der Waals surface area (Å²) in [5.74, 6) is -0.114. The largest absolute Gasteiger partial charge is 0.398 e. The van der Waals surface area contributed by atoms with E-state index in [1.165, 1.54) is 0 Å². The normalized spacial score (nSPS) is 10.1. The molecule has 0 saturated carbocycles. The molecular formula is C14H15N3O. The van der Waals surface area contributed by atoms with Gasteiger partial charge in [0.2, 0.25) is 0 Å². The van der Waals surface area contributed by atoms with Crippen LogP contribution in [0.3, 0.4) is 0 Å². The quantitative estimate of drug-likeness (QED) is 0.806. The fraction of sp³-hybridized carbons (Fsp3) is 0.143. The number of rotatable bonds is 3. The van der Waals surface area contributed by atoms with Crippen molar-refractivity contribution in [2.24, 2.45) is 0 Å². The van der Waals surface area contributed by atoms with Gasteiger partial charge in [-0.15, -0.1) is 0 Å². The number of benzene rings is 1. The van der Waals surface area contributed by atoms with Crippen molar-refractivity contribution in [1.29, 1.82) is 0 Å². The number of pyridine rings is 1. The van der Waals surface area contributed by atoms with Crippen LogP contribution in [-0.2, 0) is 6.54 Å². The highest BCUT2D eigenvalue weighted by molar-refractivity contribution is 5.96. The molecule has 0 aliphatic heterocycles. The lowest BCUT2D eigenvalue weighted by Crippen LogP contribution is -2.23.